The van der Waals surface area contributed by atoms with Gasteiger partial charge in [-0.25, -0.2) is 4.98 Å². The third-order valence-corrected chi connectivity index (χ3v) is 3.27. The van der Waals surface area contributed by atoms with E-state index in [1.54, 1.807) is 0 Å². The number of anilines is 2. The van der Waals surface area contributed by atoms with Gasteiger partial charge in [0, 0.05) is 18.8 Å². The van der Waals surface area contributed by atoms with Crippen molar-refractivity contribution in [3.63, 3.8) is 0 Å². The fourth-order valence-corrected chi connectivity index (χ4v) is 2.34. The van der Waals surface area contributed by atoms with E-state index in [1.165, 1.54) is 17.6 Å². The maximum absolute atomic E-state index is 12.6. The van der Waals surface area contributed by atoms with Crippen LogP contribution in [0.1, 0.15) is 6.42 Å². The van der Waals surface area contributed by atoms with Crippen LogP contribution in [0.15, 0.2) is 17.1 Å². The van der Waals surface area contributed by atoms with Crippen LogP contribution >= 0.6 is 0 Å². The Morgan fingerprint density at radius 3 is 2.82 bits per heavy atom. The molecule has 10 heteroatoms. The van der Waals surface area contributed by atoms with Crippen molar-refractivity contribution in [1.82, 2.24) is 20.3 Å². The number of rotatable bonds is 3. The van der Waals surface area contributed by atoms with Gasteiger partial charge < -0.3 is 15.6 Å². The molecule has 1 saturated heterocycles. The van der Waals surface area contributed by atoms with E-state index < -0.39 is 17.7 Å². The topological polar surface area (TPSA) is 94.7 Å². The molecule has 0 bridgehead atoms. The second kappa shape index (κ2) is 5.44. The van der Waals surface area contributed by atoms with E-state index in [9.17, 15) is 18.0 Å². The van der Waals surface area contributed by atoms with Crippen molar-refractivity contribution >= 4 is 22.7 Å². The summed E-state index contributed by atoms with van der Waals surface area (Å²) in [5, 5.41) is 7.17. The van der Waals surface area contributed by atoms with Crippen LogP contribution in [-0.4, -0.2) is 40.4 Å². The first-order chi connectivity index (χ1) is 10.4. The molecule has 2 aromatic heterocycles. The minimum atomic E-state index is -4.70. The van der Waals surface area contributed by atoms with Crippen molar-refractivity contribution in [3.05, 3.63) is 22.6 Å². The summed E-state index contributed by atoms with van der Waals surface area (Å²) >= 11 is 0. The normalized spacial score (nSPS) is 18.6. The predicted octanol–water partition coefficient (Wildman–Crippen LogP) is 1.02. The van der Waals surface area contributed by atoms with E-state index >= 15 is 0 Å². The number of hydrogen-bond acceptors (Lipinski definition) is 6. The first-order valence-electron chi connectivity index (χ1n) is 6.64. The average molecular weight is 314 g/mol. The number of halogens is 3. The van der Waals surface area contributed by atoms with Gasteiger partial charge in [-0.2, -0.15) is 18.2 Å². The molecule has 1 atom stereocenters. The highest BCUT2D eigenvalue weighted by molar-refractivity contribution is 5.89. The van der Waals surface area contributed by atoms with Gasteiger partial charge in [-0.1, -0.05) is 0 Å². The molecule has 3 heterocycles. The lowest BCUT2D eigenvalue weighted by Gasteiger charge is -2.15. The van der Waals surface area contributed by atoms with Gasteiger partial charge in [-0.3, -0.25) is 10.1 Å². The van der Waals surface area contributed by atoms with Gasteiger partial charge in [-0.15, -0.1) is 0 Å². The van der Waals surface area contributed by atoms with Crippen LogP contribution in [-0.2, 0) is 0 Å². The number of H-pyrrole nitrogens is 1. The minimum absolute atomic E-state index is 0.0400. The molecule has 0 aliphatic carbocycles. The summed E-state index contributed by atoms with van der Waals surface area (Å²) in [6.07, 6.45) is -2.55. The van der Waals surface area contributed by atoms with E-state index in [-0.39, 0.29) is 22.9 Å². The monoisotopic (exact) mass is 314 g/mol. The van der Waals surface area contributed by atoms with Gasteiger partial charge in [0.15, 0.2) is 5.82 Å². The van der Waals surface area contributed by atoms with Gasteiger partial charge in [0.2, 0.25) is 5.95 Å². The van der Waals surface area contributed by atoms with Crippen LogP contribution in [0.3, 0.4) is 0 Å². The molecule has 1 aliphatic heterocycles. The zero-order valence-electron chi connectivity index (χ0n) is 11.3. The molecule has 0 unspecified atom stereocenters. The summed E-state index contributed by atoms with van der Waals surface area (Å²) in [4.78, 5) is 22.0. The van der Waals surface area contributed by atoms with Crippen molar-refractivity contribution in [3.8, 4) is 0 Å². The lowest BCUT2D eigenvalue weighted by Crippen LogP contribution is -2.26. The van der Waals surface area contributed by atoms with Crippen LogP contribution in [0.4, 0.5) is 24.9 Å². The molecule has 3 rings (SSSR count). The number of hydrogen-bond donors (Lipinski definition) is 4. The lowest BCUT2D eigenvalue weighted by molar-refractivity contribution is -0.100. The second-order valence-corrected chi connectivity index (χ2v) is 4.92. The van der Waals surface area contributed by atoms with Crippen molar-refractivity contribution in [2.45, 2.75) is 18.8 Å². The molecular weight excluding hydrogens is 301 g/mol. The van der Waals surface area contributed by atoms with Crippen molar-refractivity contribution < 1.29 is 13.2 Å². The smallest absolute Gasteiger partial charge is 0.350 e. The summed E-state index contributed by atoms with van der Waals surface area (Å²) in [7, 11) is 0. The second-order valence-electron chi connectivity index (χ2n) is 4.92. The summed E-state index contributed by atoms with van der Waals surface area (Å²) in [5.41, 5.74) is -0.544. The molecule has 22 heavy (non-hydrogen) atoms. The molecule has 1 aliphatic rings. The van der Waals surface area contributed by atoms with Crippen LogP contribution in [0.2, 0.25) is 0 Å². The van der Waals surface area contributed by atoms with Crippen LogP contribution in [0.5, 0.6) is 0 Å². The number of fused-ring (bicyclic) bond motifs is 1. The Kier molecular flexibility index (Phi) is 3.61. The Bertz CT molecular complexity index is 738. The van der Waals surface area contributed by atoms with E-state index in [0.717, 1.165) is 13.0 Å². The molecule has 1 fully saturated rings. The molecular formula is C12H13F3N6O. The molecule has 118 valence electrons. The maximum atomic E-state index is 12.6. The minimum Gasteiger partial charge on any atom is -0.350 e. The maximum Gasteiger partial charge on any atom is 0.483 e. The van der Waals surface area contributed by atoms with Gasteiger partial charge in [0.1, 0.15) is 5.39 Å². The number of pyridine rings is 1. The summed E-state index contributed by atoms with van der Waals surface area (Å²) in [6, 6.07) is 1.47. The van der Waals surface area contributed by atoms with Gasteiger partial charge in [0.05, 0.1) is 5.52 Å². The van der Waals surface area contributed by atoms with Gasteiger partial charge in [0.25, 0.3) is 5.56 Å². The fourth-order valence-electron chi connectivity index (χ4n) is 2.34. The van der Waals surface area contributed by atoms with E-state index in [2.05, 4.69) is 25.6 Å². The van der Waals surface area contributed by atoms with Crippen LogP contribution < -0.4 is 21.5 Å². The Morgan fingerprint density at radius 2 is 2.14 bits per heavy atom. The van der Waals surface area contributed by atoms with Crippen molar-refractivity contribution in [2.75, 3.05) is 23.7 Å². The predicted molar refractivity (Wildman–Crippen MR) is 74.7 cm³/mol. The van der Waals surface area contributed by atoms with Crippen molar-refractivity contribution in [1.29, 1.82) is 0 Å². The molecule has 7 nitrogen and oxygen atoms in total. The standard InChI is InChI=1S/C12H13F3N6O/c13-12(14,15)21-9-8-7(2-4-17-10(8)22)19-11(20-9)18-6-1-3-16-5-6/h2,4,6,16H,1,3,5H2,(H,17,22)(H2,18,19,20,21)/t6-/m0/s1. The van der Waals surface area contributed by atoms with E-state index in [4.69, 9.17) is 0 Å². The first-order valence-corrected chi connectivity index (χ1v) is 6.64. The number of nitrogens with zero attached hydrogens (tertiary/aromatic N) is 2. The van der Waals surface area contributed by atoms with Crippen LogP contribution in [0, 0.1) is 0 Å². The third-order valence-electron chi connectivity index (χ3n) is 3.27. The van der Waals surface area contributed by atoms with Gasteiger partial charge in [-0.05, 0) is 19.0 Å². The molecule has 0 amide bonds. The fraction of sp³-hybridized carbons (Fsp3) is 0.417. The summed E-state index contributed by atoms with van der Waals surface area (Å²) in [5.74, 6) is -0.508. The molecule has 2 aromatic rings. The first kappa shape index (κ1) is 14.6. The number of alkyl halides is 3. The summed E-state index contributed by atoms with van der Waals surface area (Å²) < 4.78 is 37.9. The molecule has 0 aromatic carbocycles. The zero-order chi connectivity index (χ0) is 15.7. The molecule has 4 N–H and O–H groups in total. The molecule has 0 spiro atoms. The Hall–Kier alpha value is -2.36. The Balaban J connectivity index is 2.05. The third kappa shape index (κ3) is 3.11. The molecule has 0 radical (unpaired) electrons. The Morgan fingerprint density at radius 1 is 1.32 bits per heavy atom. The largest absolute Gasteiger partial charge is 0.483 e. The zero-order valence-corrected chi connectivity index (χ0v) is 11.3. The van der Waals surface area contributed by atoms with Crippen LogP contribution in [0.25, 0.3) is 10.9 Å². The number of nitrogens with one attached hydrogen (secondary N) is 4. The van der Waals surface area contributed by atoms with E-state index in [1.807, 2.05) is 0 Å². The van der Waals surface area contributed by atoms with Gasteiger partial charge >= 0.3 is 6.30 Å². The number of aromatic nitrogens is 3. The summed E-state index contributed by atoms with van der Waals surface area (Å²) in [6.45, 7) is 1.50. The average Bonchev–Trinajstić information content (AvgIpc) is 2.89. The lowest BCUT2D eigenvalue weighted by atomic mass is 10.2. The SMILES string of the molecule is O=c1[nH]ccc2nc(N[C@H]3CCNC3)nc(NC(F)(F)F)c12. The van der Waals surface area contributed by atoms with Crippen molar-refractivity contribution in [2.24, 2.45) is 0 Å². The highest BCUT2D eigenvalue weighted by Crippen LogP contribution is 2.24. The quantitative estimate of drug-likeness (QED) is 0.632. The number of aromatic amines is 1. The van der Waals surface area contributed by atoms with E-state index in [0.29, 0.717) is 6.54 Å². The highest BCUT2D eigenvalue weighted by Gasteiger charge is 2.30. The Labute approximate surface area is 122 Å². The highest BCUT2D eigenvalue weighted by atomic mass is 19.4. The molecule has 0 saturated carbocycles.